The molecule has 27 heavy (non-hydrogen) atoms. The summed E-state index contributed by atoms with van der Waals surface area (Å²) in [6, 6.07) is 1.89. The van der Waals surface area contributed by atoms with Crippen LogP contribution in [0.4, 0.5) is 24.5 Å². The number of amides is 1. The van der Waals surface area contributed by atoms with Gasteiger partial charge in [-0.15, -0.1) is 0 Å². The highest BCUT2D eigenvalue weighted by molar-refractivity contribution is 5.82. The number of nitrogens with two attached hydrogens (primary N) is 1. The van der Waals surface area contributed by atoms with Gasteiger partial charge in [-0.05, 0) is 24.5 Å². The highest BCUT2D eigenvalue weighted by atomic mass is 19.4. The minimum absolute atomic E-state index is 0.117. The number of halogens is 3. The molecule has 150 valence electrons. The summed E-state index contributed by atoms with van der Waals surface area (Å²) < 4.78 is 38.5. The van der Waals surface area contributed by atoms with Gasteiger partial charge in [0.1, 0.15) is 5.69 Å². The van der Waals surface area contributed by atoms with E-state index < -0.39 is 28.4 Å². The number of rotatable bonds is 5. The fourth-order valence-electron chi connectivity index (χ4n) is 3.12. The first-order valence-corrected chi connectivity index (χ1v) is 8.65. The zero-order chi connectivity index (χ0) is 20.4. The minimum Gasteiger partial charge on any atom is -0.362 e. The molecule has 1 saturated heterocycles. The van der Waals surface area contributed by atoms with Crippen LogP contribution in [0.25, 0.3) is 0 Å². The van der Waals surface area contributed by atoms with Crippen molar-refractivity contribution >= 4 is 17.3 Å². The molecule has 1 heterocycles. The highest BCUT2D eigenvalue weighted by Crippen LogP contribution is 2.36. The highest BCUT2D eigenvalue weighted by Gasteiger charge is 2.34. The van der Waals surface area contributed by atoms with E-state index in [1.165, 1.54) is 0 Å². The van der Waals surface area contributed by atoms with Crippen LogP contribution in [0.15, 0.2) is 18.2 Å². The summed E-state index contributed by atoms with van der Waals surface area (Å²) in [6.07, 6.45) is -4.09. The SMILES string of the molecule is CC(C)C[C@H](N)C(=O)N1CCN(c2ccc(C(F)(F)F)cc2[N+](=O)[O-])CC1. The molecule has 1 fully saturated rings. The molecule has 2 rings (SSSR count). The van der Waals surface area contributed by atoms with Gasteiger partial charge in [0.25, 0.3) is 5.69 Å². The number of benzene rings is 1. The molecule has 0 bridgehead atoms. The summed E-state index contributed by atoms with van der Waals surface area (Å²) in [4.78, 5) is 26.0. The number of carbonyl (C=O) groups is 1. The largest absolute Gasteiger partial charge is 0.416 e. The van der Waals surface area contributed by atoms with Crippen LogP contribution in [0.5, 0.6) is 0 Å². The fraction of sp³-hybridized carbons (Fsp3) is 0.588. The molecule has 10 heteroatoms. The maximum Gasteiger partial charge on any atom is 0.416 e. The van der Waals surface area contributed by atoms with Crippen LogP contribution >= 0.6 is 0 Å². The van der Waals surface area contributed by atoms with Crippen molar-refractivity contribution in [2.45, 2.75) is 32.5 Å². The molecule has 0 spiro atoms. The number of hydrogen-bond donors (Lipinski definition) is 1. The molecule has 7 nitrogen and oxygen atoms in total. The molecule has 1 aliphatic rings. The lowest BCUT2D eigenvalue weighted by molar-refractivity contribution is -0.384. The van der Waals surface area contributed by atoms with E-state index >= 15 is 0 Å². The fourth-order valence-corrected chi connectivity index (χ4v) is 3.12. The lowest BCUT2D eigenvalue weighted by Gasteiger charge is -2.37. The Morgan fingerprint density at radius 2 is 1.85 bits per heavy atom. The number of nitro groups is 1. The van der Waals surface area contributed by atoms with Crippen molar-refractivity contribution in [2.75, 3.05) is 31.1 Å². The molecule has 1 aromatic rings. The lowest BCUT2D eigenvalue weighted by atomic mass is 10.0. The maximum absolute atomic E-state index is 12.8. The van der Waals surface area contributed by atoms with Crippen LogP contribution in [-0.2, 0) is 11.0 Å². The molecule has 1 aliphatic heterocycles. The van der Waals surface area contributed by atoms with Gasteiger partial charge in [0.2, 0.25) is 5.91 Å². The van der Waals surface area contributed by atoms with Gasteiger partial charge in [-0.2, -0.15) is 13.2 Å². The van der Waals surface area contributed by atoms with Crippen molar-refractivity contribution in [2.24, 2.45) is 11.7 Å². The van der Waals surface area contributed by atoms with Crippen molar-refractivity contribution in [3.8, 4) is 0 Å². The number of alkyl halides is 3. The van der Waals surface area contributed by atoms with Crippen molar-refractivity contribution in [3.05, 3.63) is 33.9 Å². The molecule has 0 radical (unpaired) electrons. The van der Waals surface area contributed by atoms with Crippen LogP contribution in [0, 0.1) is 16.0 Å². The first-order valence-electron chi connectivity index (χ1n) is 8.65. The van der Waals surface area contributed by atoms with E-state index in [0.29, 0.717) is 25.6 Å². The third kappa shape index (κ3) is 5.09. The molecule has 1 aromatic carbocycles. The Bertz CT molecular complexity index is 701. The standard InChI is InChI=1S/C17H23F3N4O3/c1-11(2)9-13(21)16(25)23-7-5-22(6-8-23)14-4-3-12(17(18,19)20)10-15(14)24(26)27/h3-4,10-11,13H,5-9,21H2,1-2H3/t13-/m0/s1. The zero-order valence-corrected chi connectivity index (χ0v) is 15.2. The Morgan fingerprint density at radius 1 is 1.26 bits per heavy atom. The maximum atomic E-state index is 12.8. The Hall–Kier alpha value is -2.36. The van der Waals surface area contributed by atoms with Crippen LogP contribution in [0.3, 0.4) is 0 Å². The Labute approximate surface area is 155 Å². The van der Waals surface area contributed by atoms with Crippen LogP contribution < -0.4 is 10.6 Å². The summed E-state index contributed by atoms with van der Waals surface area (Å²) in [5.74, 6) is 0.102. The Balaban J connectivity index is 2.12. The average Bonchev–Trinajstić information content (AvgIpc) is 2.59. The molecule has 0 saturated carbocycles. The third-order valence-electron chi connectivity index (χ3n) is 4.47. The van der Waals surface area contributed by atoms with E-state index in [-0.39, 0.29) is 30.6 Å². The van der Waals surface area contributed by atoms with E-state index in [0.717, 1.165) is 12.1 Å². The third-order valence-corrected chi connectivity index (χ3v) is 4.47. The average molecular weight is 388 g/mol. The quantitative estimate of drug-likeness (QED) is 0.618. The molecule has 0 aliphatic carbocycles. The number of hydrogen-bond acceptors (Lipinski definition) is 5. The number of nitro benzene ring substituents is 1. The molecule has 0 aromatic heterocycles. The first-order chi connectivity index (χ1) is 12.5. The predicted molar refractivity (Wildman–Crippen MR) is 94.3 cm³/mol. The number of carbonyl (C=O) groups excluding carboxylic acids is 1. The smallest absolute Gasteiger partial charge is 0.362 e. The second-order valence-corrected chi connectivity index (χ2v) is 7.01. The van der Waals surface area contributed by atoms with Gasteiger partial charge in [-0.1, -0.05) is 13.8 Å². The number of nitrogens with zero attached hydrogens (tertiary/aromatic N) is 3. The van der Waals surface area contributed by atoms with E-state index in [1.54, 1.807) is 9.80 Å². The summed E-state index contributed by atoms with van der Waals surface area (Å²) >= 11 is 0. The summed E-state index contributed by atoms with van der Waals surface area (Å²) in [6.45, 7) is 5.12. The molecular weight excluding hydrogens is 365 g/mol. The lowest BCUT2D eigenvalue weighted by Crippen LogP contribution is -2.53. The van der Waals surface area contributed by atoms with Gasteiger partial charge in [0.15, 0.2) is 0 Å². The Morgan fingerprint density at radius 3 is 2.33 bits per heavy atom. The van der Waals surface area contributed by atoms with Gasteiger partial charge in [0.05, 0.1) is 16.5 Å². The molecular formula is C17H23F3N4O3. The normalized spacial score (nSPS) is 16.6. The van der Waals surface area contributed by atoms with E-state index in [2.05, 4.69) is 0 Å². The number of piperazine rings is 1. The molecule has 0 unspecified atom stereocenters. The van der Waals surface area contributed by atoms with Gasteiger partial charge < -0.3 is 15.5 Å². The first kappa shape index (κ1) is 20.9. The van der Waals surface area contributed by atoms with Crippen molar-refractivity contribution in [1.82, 2.24) is 4.90 Å². The van der Waals surface area contributed by atoms with Gasteiger partial charge >= 0.3 is 6.18 Å². The van der Waals surface area contributed by atoms with Gasteiger partial charge in [0, 0.05) is 32.2 Å². The summed E-state index contributed by atoms with van der Waals surface area (Å²) in [7, 11) is 0. The van der Waals surface area contributed by atoms with E-state index in [4.69, 9.17) is 5.73 Å². The minimum atomic E-state index is -4.65. The molecule has 1 amide bonds. The van der Waals surface area contributed by atoms with Crippen molar-refractivity contribution < 1.29 is 22.9 Å². The Kier molecular flexibility index (Phi) is 6.30. The van der Waals surface area contributed by atoms with E-state index in [1.807, 2.05) is 13.8 Å². The zero-order valence-electron chi connectivity index (χ0n) is 15.2. The van der Waals surface area contributed by atoms with E-state index in [9.17, 15) is 28.1 Å². The van der Waals surface area contributed by atoms with Crippen LogP contribution in [-0.4, -0.2) is 48.0 Å². The second kappa shape index (κ2) is 8.12. The molecule has 1 atom stereocenters. The van der Waals surface area contributed by atoms with Gasteiger partial charge in [-0.3, -0.25) is 14.9 Å². The topological polar surface area (TPSA) is 92.7 Å². The number of anilines is 1. The predicted octanol–water partition coefficient (Wildman–Crippen LogP) is 2.64. The van der Waals surface area contributed by atoms with Crippen LogP contribution in [0.2, 0.25) is 0 Å². The monoisotopic (exact) mass is 388 g/mol. The van der Waals surface area contributed by atoms with Crippen molar-refractivity contribution in [3.63, 3.8) is 0 Å². The second-order valence-electron chi connectivity index (χ2n) is 7.01. The summed E-state index contributed by atoms with van der Waals surface area (Å²) in [5.41, 5.74) is 4.37. The van der Waals surface area contributed by atoms with Crippen molar-refractivity contribution in [1.29, 1.82) is 0 Å². The summed E-state index contributed by atoms with van der Waals surface area (Å²) in [5, 5.41) is 11.2. The molecule has 2 N–H and O–H groups in total. The van der Waals surface area contributed by atoms with Crippen LogP contribution in [0.1, 0.15) is 25.8 Å². The van der Waals surface area contributed by atoms with Gasteiger partial charge in [-0.25, -0.2) is 0 Å².